The second-order valence-electron chi connectivity index (χ2n) is 6.86. The van der Waals surface area contributed by atoms with E-state index in [4.69, 9.17) is 0 Å². The van der Waals surface area contributed by atoms with Crippen molar-refractivity contribution in [1.29, 1.82) is 0 Å². The molecule has 2 amide bonds. The van der Waals surface area contributed by atoms with Crippen LogP contribution in [0.4, 0.5) is 0 Å². The molecule has 143 valence electrons. The number of rotatable bonds is 8. The molecule has 27 heavy (non-hydrogen) atoms. The third-order valence-corrected chi connectivity index (χ3v) is 4.00. The van der Waals surface area contributed by atoms with Crippen molar-refractivity contribution in [2.75, 3.05) is 0 Å². The zero-order valence-corrected chi connectivity index (χ0v) is 15.8. The Balaban J connectivity index is 2.08. The van der Waals surface area contributed by atoms with Crippen LogP contribution in [0.15, 0.2) is 48.8 Å². The van der Waals surface area contributed by atoms with Gasteiger partial charge in [0.1, 0.15) is 6.04 Å². The summed E-state index contributed by atoms with van der Waals surface area (Å²) >= 11 is 0. The molecule has 1 aromatic heterocycles. The van der Waals surface area contributed by atoms with Gasteiger partial charge in [0.05, 0.1) is 6.10 Å². The lowest BCUT2D eigenvalue weighted by molar-refractivity contribution is -0.124. The monoisotopic (exact) mass is 368 g/mol. The molecule has 6 nitrogen and oxygen atoms in total. The number of pyridine rings is 1. The van der Waals surface area contributed by atoms with Crippen molar-refractivity contribution < 1.29 is 14.7 Å². The van der Waals surface area contributed by atoms with E-state index in [0.717, 1.165) is 11.1 Å². The van der Waals surface area contributed by atoms with E-state index in [-0.39, 0.29) is 0 Å². The summed E-state index contributed by atoms with van der Waals surface area (Å²) in [7, 11) is 0. The summed E-state index contributed by atoms with van der Waals surface area (Å²) in [6, 6.07) is 9.73. The highest BCUT2D eigenvalue weighted by atomic mass is 16.3. The highest BCUT2D eigenvalue weighted by molar-refractivity contribution is 5.98. The van der Waals surface area contributed by atoms with Crippen LogP contribution >= 0.6 is 0 Å². The molecule has 2 rings (SSSR count). The van der Waals surface area contributed by atoms with Gasteiger partial charge in [-0.1, -0.05) is 32.0 Å². The molecule has 0 aliphatic heterocycles. The topological polar surface area (TPSA) is 91.3 Å². The molecular formula is C21H26N3O3. The Kier molecular flexibility index (Phi) is 7.49. The maximum atomic E-state index is 12.6. The van der Waals surface area contributed by atoms with Crippen LogP contribution in [-0.2, 0) is 4.79 Å². The van der Waals surface area contributed by atoms with Crippen molar-refractivity contribution in [1.82, 2.24) is 15.6 Å². The van der Waals surface area contributed by atoms with Crippen molar-refractivity contribution in [2.45, 2.75) is 39.3 Å². The number of amides is 2. The molecule has 0 saturated carbocycles. The molecule has 1 aromatic carbocycles. The van der Waals surface area contributed by atoms with Gasteiger partial charge in [-0.25, -0.2) is 0 Å². The lowest BCUT2D eigenvalue weighted by atomic mass is 10.0. The van der Waals surface area contributed by atoms with E-state index in [1.165, 1.54) is 6.92 Å². The fourth-order valence-electron chi connectivity index (χ4n) is 2.49. The van der Waals surface area contributed by atoms with Gasteiger partial charge >= 0.3 is 0 Å². The second-order valence-corrected chi connectivity index (χ2v) is 6.86. The van der Waals surface area contributed by atoms with Crippen LogP contribution in [0.3, 0.4) is 0 Å². The van der Waals surface area contributed by atoms with E-state index < -0.39 is 24.0 Å². The zero-order valence-electron chi connectivity index (χ0n) is 15.8. The van der Waals surface area contributed by atoms with Crippen molar-refractivity contribution in [3.8, 4) is 11.1 Å². The number of nitrogens with one attached hydrogen (secondary N) is 2. The van der Waals surface area contributed by atoms with E-state index in [2.05, 4.69) is 15.6 Å². The molecule has 0 bridgehead atoms. The highest BCUT2D eigenvalue weighted by Crippen LogP contribution is 2.19. The van der Waals surface area contributed by atoms with Gasteiger partial charge < -0.3 is 15.7 Å². The summed E-state index contributed by atoms with van der Waals surface area (Å²) in [5, 5.41) is 15.2. The summed E-state index contributed by atoms with van der Waals surface area (Å²) in [5.74, 6) is -0.465. The molecule has 2 aromatic rings. The Morgan fingerprint density at radius 1 is 1.15 bits per heavy atom. The zero-order chi connectivity index (χ0) is 19.8. The Hall–Kier alpha value is -2.73. The molecule has 1 radical (unpaired) electrons. The van der Waals surface area contributed by atoms with Gasteiger partial charge in [-0.05, 0) is 43.0 Å². The van der Waals surface area contributed by atoms with Crippen molar-refractivity contribution >= 4 is 11.8 Å². The Morgan fingerprint density at radius 3 is 2.52 bits per heavy atom. The minimum atomic E-state index is -1.04. The smallest absolute Gasteiger partial charge is 0.252 e. The average Bonchev–Trinajstić information content (AvgIpc) is 2.66. The van der Waals surface area contributed by atoms with Gasteiger partial charge in [-0.2, -0.15) is 0 Å². The first-order chi connectivity index (χ1) is 12.9. The molecule has 3 N–H and O–H groups in total. The molecular weight excluding hydrogens is 342 g/mol. The Morgan fingerprint density at radius 2 is 1.89 bits per heavy atom. The second kappa shape index (κ2) is 9.83. The van der Waals surface area contributed by atoms with Crippen LogP contribution in [0.2, 0.25) is 0 Å². The van der Waals surface area contributed by atoms with Crippen molar-refractivity contribution in [3.05, 3.63) is 60.9 Å². The van der Waals surface area contributed by atoms with E-state index in [1.807, 2.05) is 32.0 Å². The summed E-state index contributed by atoms with van der Waals surface area (Å²) in [5.41, 5.74) is 2.14. The number of hydrogen-bond donors (Lipinski definition) is 3. The average molecular weight is 368 g/mol. The van der Waals surface area contributed by atoms with E-state index in [1.54, 1.807) is 37.1 Å². The van der Waals surface area contributed by atoms with Gasteiger partial charge in [-0.15, -0.1) is 0 Å². The van der Waals surface area contributed by atoms with Crippen LogP contribution in [0.5, 0.6) is 0 Å². The van der Waals surface area contributed by atoms with Gasteiger partial charge in [-0.3, -0.25) is 14.6 Å². The van der Waals surface area contributed by atoms with Crippen LogP contribution in [0.1, 0.15) is 37.6 Å². The number of nitrogens with zero attached hydrogens (tertiary/aromatic N) is 1. The van der Waals surface area contributed by atoms with E-state index in [9.17, 15) is 14.7 Å². The van der Waals surface area contributed by atoms with Crippen LogP contribution < -0.4 is 10.6 Å². The third kappa shape index (κ3) is 6.18. The number of benzene rings is 1. The summed E-state index contributed by atoms with van der Waals surface area (Å²) in [6.07, 6.45) is 3.08. The van der Waals surface area contributed by atoms with Gasteiger partial charge in [0.2, 0.25) is 5.91 Å². The van der Waals surface area contributed by atoms with Gasteiger partial charge in [0.15, 0.2) is 0 Å². The maximum Gasteiger partial charge on any atom is 0.252 e. The lowest BCUT2D eigenvalue weighted by Gasteiger charge is -2.21. The number of carbonyl (C=O) groups excluding carboxylic acids is 2. The Bertz CT molecular complexity index is 760. The number of aliphatic hydroxyl groups excluding tert-OH is 1. The number of hydrogen-bond acceptors (Lipinski definition) is 4. The van der Waals surface area contributed by atoms with Crippen molar-refractivity contribution in [2.24, 2.45) is 5.92 Å². The fourth-order valence-corrected chi connectivity index (χ4v) is 2.49. The third-order valence-electron chi connectivity index (χ3n) is 4.00. The summed E-state index contributed by atoms with van der Waals surface area (Å²) in [6.45, 7) is 7.19. The predicted octanol–water partition coefficient (Wildman–Crippen LogP) is 2.55. The van der Waals surface area contributed by atoms with Gasteiger partial charge in [0.25, 0.3) is 5.91 Å². The molecule has 2 atom stereocenters. The van der Waals surface area contributed by atoms with Crippen molar-refractivity contribution in [3.63, 3.8) is 0 Å². The number of aliphatic hydroxyl groups is 1. The first-order valence-corrected chi connectivity index (χ1v) is 9.00. The number of aromatic nitrogens is 1. The van der Waals surface area contributed by atoms with Crippen LogP contribution in [0, 0.1) is 12.5 Å². The quantitative estimate of drug-likeness (QED) is 0.668. The molecule has 1 heterocycles. The predicted molar refractivity (Wildman–Crippen MR) is 105 cm³/mol. The van der Waals surface area contributed by atoms with Crippen LogP contribution in [0.25, 0.3) is 11.1 Å². The SMILES string of the molecule is CC(C)C[CH]NC(=O)[C@@H](NC(=O)c1cccc(-c2cccnc2)c1)[C@@H](C)O. The molecule has 0 fully saturated rings. The maximum absolute atomic E-state index is 12.6. The molecule has 6 heteroatoms. The van der Waals surface area contributed by atoms with Crippen LogP contribution in [-0.4, -0.2) is 34.1 Å². The molecule has 0 spiro atoms. The molecule has 0 aliphatic rings. The van der Waals surface area contributed by atoms with Gasteiger partial charge in [0, 0.05) is 30.1 Å². The first-order valence-electron chi connectivity index (χ1n) is 9.00. The largest absolute Gasteiger partial charge is 0.391 e. The van der Waals surface area contributed by atoms with E-state index >= 15 is 0 Å². The molecule has 0 unspecified atom stereocenters. The minimum Gasteiger partial charge on any atom is -0.391 e. The summed E-state index contributed by atoms with van der Waals surface area (Å²) in [4.78, 5) is 29.0. The lowest BCUT2D eigenvalue weighted by Crippen LogP contribution is -2.52. The molecule has 0 saturated heterocycles. The number of carbonyl (C=O) groups is 2. The standard InChI is InChI=1S/C21H26N3O3/c1-14(2)9-11-23-21(27)19(15(3)25)24-20(26)17-7-4-6-16(12-17)18-8-5-10-22-13-18/h4-8,10-15,19,25H,9H2,1-3H3,(H,23,27)(H,24,26)/t15-,19+/m1/s1. The summed E-state index contributed by atoms with van der Waals surface area (Å²) < 4.78 is 0. The molecule has 0 aliphatic carbocycles. The highest BCUT2D eigenvalue weighted by Gasteiger charge is 2.26. The minimum absolute atomic E-state index is 0.403. The van der Waals surface area contributed by atoms with E-state index in [0.29, 0.717) is 17.9 Å². The fraction of sp³-hybridized carbons (Fsp3) is 0.333. The Labute approximate surface area is 160 Å². The normalized spacial score (nSPS) is 13.1. The first kappa shape index (κ1) is 20.6.